The highest BCUT2D eigenvalue weighted by molar-refractivity contribution is 6.29. The van der Waals surface area contributed by atoms with Gasteiger partial charge in [-0.3, -0.25) is 4.79 Å². The van der Waals surface area contributed by atoms with Crippen molar-refractivity contribution in [1.82, 2.24) is 9.97 Å². The summed E-state index contributed by atoms with van der Waals surface area (Å²) in [5.41, 5.74) is 3.62. The van der Waals surface area contributed by atoms with Crippen LogP contribution in [0.15, 0.2) is 54.9 Å². The molecule has 0 fully saturated rings. The van der Waals surface area contributed by atoms with Crippen LogP contribution in [-0.4, -0.2) is 15.9 Å². The largest absolute Gasteiger partial charge is 0.439 e. The molecule has 5 nitrogen and oxygen atoms in total. The molecule has 0 atom stereocenters. The first kappa shape index (κ1) is 17.9. The number of nitrogens with one attached hydrogen (secondary N) is 1. The lowest BCUT2D eigenvalue weighted by Gasteiger charge is -2.10. The number of carbonyl (C=O) groups is 1. The second-order valence-electron chi connectivity index (χ2n) is 5.90. The van der Waals surface area contributed by atoms with E-state index in [0.29, 0.717) is 16.7 Å². The molecule has 0 saturated carbocycles. The van der Waals surface area contributed by atoms with Crippen LogP contribution < -0.4 is 10.1 Å². The molecular weight excluding hydrogens is 350 g/mol. The third-order valence-corrected chi connectivity index (χ3v) is 4.17. The van der Waals surface area contributed by atoms with Crippen molar-refractivity contribution in [2.24, 2.45) is 0 Å². The molecule has 0 bridgehead atoms. The number of nitrogens with zero attached hydrogens (tertiary/aromatic N) is 2. The number of hydrogen-bond acceptors (Lipinski definition) is 4. The zero-order chi connectivity index (χ0) is 18.5. The van der Waals surface area contributed by atoms with E-state index in [1.807, 2.05) is 32.0 Å². The third kappa shape index (κ3) is 4.58. The second-order valence-corrected chi connectivity index (χ2v) is 6.29. The van der Waals surface area contributed by atoms with Crippen molar-refractivity contribution in [3.8, 4) is 11.6 Å². The van der Waals surface area contributed by atoms with Crippen molar-refractivity contribution >= 4 is 23.2 Å². The van der Waals surface area contributed by atoms with Crippen LogP contribution in [0.5, 0.6) is 11.6 Å². The zero-order valence-electron chi connectivity index (χ0n) is 14.5. The van der Waals surface area contributed by atoms with E-state index in [9.17, 15) is 4.79 Å². The number of ether oxygens (including phenoxy) is 1. The summed E-state index contributed by atoms with van der Waals surface area (Å²) in [6.45, 7) is 4.04. The molecule has 0 aliphatic carbocycles. The monoisotopic (exact) mass is 367 g/mol. The van der Waals surface area contributed by atoms with Crippen LogP contribution in [-0.2, 0) is 11.2 Å². The predicted molar refractivity (Wildman–Crippen MR) is 102 cm³/mol. The summed E-state index contributed by atoms with van der Waals surface area (Å²) in [6.07, 6.45) is 3.37. The van der Waals surface area contributed by atoms with Gasteiger partial charge >= 0.3 is 0 Å². The molecular formula is C20H18ClN3O2. The van der Waals surface area contributed by atoms with Gasteiger partial charge in [0.2, 0.25) is 11.8 Å². The van der Waals surface area contributed by atoms with Gasteiger partial charge in [-0.2, -0.15) is 0 Å². The van der Waals surface area contributed by atoms with Gasteiger partial charge in [0, 0.05) is 12.3 Å². The highest BCUT2D eigenvalue weighted by Crippen LogP contribution is 2.26. The minimum absolute atomic E-state index is 0.154. The number of aryl methyl sites for hydroxylation is 1. The van der Waals surface area contributed by atoms with Crippen molar-refractivity contribution in [3.05, 3.63) is 76.7 Å². The fourth-order valence-corrected chi connectivity index (χ4v) is 2.48. The Bertz CT molecular complexity index is 909. The smallest absolute Gasteiger partial charge is 0.228 e. The number of carbonyl (C=O) groups excluding carboxylic acids is 1. The Morgan fingerprint density at radius 3 is 2.62 bits per heavy atom. The second kappa shape index (κ2) is 7.97. The lowest BCUT2D eigenvalue weighted by Crippen LogP contribution is -2.14. The summed E-state index contributed by atoms with van der Waals surface area (Å²) in [5, 5.41) is 3.20. The Morgan fingerprint density at radius 1 is 1.08 bits per heavy atom. The molecule has 0 unspecified atom stereocenters. The lowest BCUT2D eigenvalue weighted by atomic mass is 10.1. The summed E-state index contributed by atoms with van der Waals surface area (Å²) in [5.74, 6) is 1.09. The highest BCUT2D eigenvalue weighted by atomic mass is 35.5. The number of hydrogen-bond donors (Lipinski definition) is 1. The molecule has 1 aromatic carbocycles. The molecule has 1 amide bonds. The van der Waals surface area contributed by atoms with Gasteiger partial charge < -0.3 is 10.1 Å². The molecule has 0 aliphatic rings. The van der Waals surface area contributed by atoms with Gasteiger partial charge in [-0.05, 0) is 48.7 Å². The van der Waals surface area contributed by atoms with Crippen molar-refractivity contribution in [1.29, 1.82) is 0 Å². The van der Waals surface area contributed by atoms with Gasteiger partial charge in [-0.1, -0.05) is 29.8 Å². The predicted octanol–water partition coefficient (Wildman–Crippen LogP) is 4.72. The number of aromatic nitrogens is 2. The molecule has 0 saturated heterocycles. The van der Waals surface area contributed by atoms with Crippen LogP contribution >= 0.6 is 11.6 Å². The molecule has 6 heteroatoms. The Balaban J connectivity index is 1.61. The minimum Gasteiger partial charge on any atom is -0.439 e. The number of halogens is 1. The first-order chi connectivity index (χ1) is 12.5. The highest BCUT2D eigenvalue weighted by Gasteiger charge is 2.07. The number of rotatable bonds is 5. The molecule has 0 aliphatic heterocycles. The summed E-state index contributed by atoms with van der Waals surface area (Å²) in [7, 11) is 0. The van der Waals surface area contributed by atoms with Crippen molar-refractivity contribution < 1.29 is 9.53 Å². The van der Waals surface area contributed by atoms with E-state index in [0.717, 1.165) is 22.4 Å². The SMILES string of the molecule is Cc1cccc(Oc2ccc(NC(=O)Cc3ccc(Cl)nc3)cn2)c1C. The molecule has 2 aromatic heterocycles. The molecule has 0 radical (unpaired) electrons. The summed E-state index contributed by atoms with van der Waals surface area (Å²) < 4.78 is 5.81. The maximum atomic E-state index is 12.1. The number of amides is 1. The third-order valence-electron chi connectivity index (χ3n) is 3.94. The van der Waals surface area contributed by atoms with E-state index in [2.05, 4.69) is 15.3 Å². The molecule has 3 rings (SSSR count). The fraction of sp³-hybridized carbons (Fsp3) is 0.150. The van der Waals surface area contributed by atoms with E-state index in [-0.39, 0.29) is 12.3 Å². The van der Waals surface area contributed by atoms with Crippen LogP contribution in [0.1, 0.15) is 16.7 Å². The van der Waals surface area contributed by atoms with Crippen LogP contribution in [0.3, 0.4) is 0 Å². The number of benzene rings is 1. The quantitative estimate of drug-likeness (QED) is 0.663. The van der Waals surface area contributed by atoms with E-state index in [1.54, 1.807) is 36.7 Å². The van der Waals surface area contributed by atoms with Gasteiger partial charge in [0.1, 0.15) is 10.9 Å². The Labute approximate surface area is 157 Å². The van der Waals surface area contributed by atoms with Gasteiger partial charge in [0.25, 0.3) is 0 Å². The molecule has 132 valence electrons. The van der Waals surface area contributed by atoms with Crippen molar-refractivity contribution in [2.45, 2.75) is 20.3 Å². The van der Waals surface area contributed by atoms with E-state index < -0.39 is 0 Å². The summed E-state index contributed by atoms with van der Waals surface area (Å²) in [4.78, 5) is 20.3. The normalized spacial score (nSPS) is 10.4. The van der Waals surface area contributed by atoms with Gasteiger partial charge in [0.05, 0.1) is 18.3 Å². The fourth-order valence-electron chi connectivity index (χ4n) is 2.36. The Morgan fingerprint density at radius 2 is 1.92 bits per heavy atom. The summed E-state index contributed by atoms with van der Waals surface area (Å²) >= 11 is 5.74. The molecule has 0 spiro atoms. The standard InChI is InChI=1S/C20H18ClN3O2/c1-13-4-3-5-17(14(13)2)26-20-9-7-16(12-23-20)24-19(25)10-15-6-8-18(21)22-11-15/h3-9,11-12H,10H2,1-2H3,(H,24,25). The van der Waals surface area contributed by atoms with Crippen LogP contribution in [0, 0.1) is 13.8 Å². The first-order valence-electron chi connectivity index (χ1n) is 8.11. The molecule has 1 N–H and O–H groups in total. The average Bonchev–Trinajstić information content (AvgIpc) is 2.62. The van der Waals surface area contributed by atoms with Gasteiger partial charge in [-0.15, -0.1) is 0 Å². The summed E-state index contributed by atoms with van der Waals surface area (Å²) in [6, 6.07) is 12.8. The minimum atomic E-state index is -0.154. The maximum Gasteiger partial charge on any atom is 0.228 e. The Kier molecular flexibility index (Phi) is 5.49. The molecule has 26 heavy (non-hydrogen) atoms. The van der Waals surface area contributed by atoms with E-state index >= 15 is 0 Å². The van der Waals surface area contributed by atoms with Crippen molar-refractivity contribution in [3.63, 3.8) is 0 Å². The maximum absolute atomic E-state index is 12.1. The van der Waals surface area contributed by atoms with Crippen LogP contribution in [0.2, 0.25) is 5.15 Å². The van der Waals surface area contributed by atoms with E-state index in [1.165, 1.54) is 0 Å². The number of anilines is 1. The molecule has 2 heterocycles. The topological polar surface area (TPSA) is 64.1 Å². The van der Waals surface area contributed by atoms with Crippen molar-refractivity contribution in [2.75, 3.05) is 5.32 Å². The van der Waals surface area contributed by atoms with E-state index in [4.69, 9.17) is 16.3 Å². The zero-order valence-corrected chi connectivity index (χ0v) is 15.2. The number of pyridine rings is 2. The molecule has 3 aromatic rings. The Hall–Kier alpha value is -2.92. The first-order valence-corrected chi connectivity index (χ1v) is 8.49. The van der Waals surface area contributed by atoms with Crippen LogP contribution in [0.25, 0.3) is 0 Å². The van der Waals surface area contributed by atoms with Crippen LogP contribution in [0.4, 0.5) is 5.69 Å². The average molecular weight is 368 g/mol. The lowest BCUT2D eigenvalue weighted by molar-refractivity contribution is -0.115. The van der Waals surface area contributed by atoms with Gasteiger partial charge in [-0.25, -0.2) is 9.97 Å². The van der Waals surface area contributed by atoms with Gasteiger partial charge in [0.15, 0.2) is 0 Å².